The molecule has 0 aliphatic rings. The van der Waals surface area contributed by atoms with Crippen LogP contribution in [0.15, 0.2) is 24.4 Å². The number of carbonyl (C=O) groups excluding carboxylic acids is 2. The van der Waals surface area contributed by atoms with Crippen molar-refractivity contribution in [2.75, 3.05) is 11.9 Å². The van der Waals surface area contributed by atoms with Crippen molar-refractivity contribution in [1.29, 1.82) is 0 Å². The Bertz CT molecular complexity index is 728. The number of hydrogen-bond donors (Lipinski definition) is 1. The highest BCUT2D eigenvalue weighted by Gasteiger charge is 2.16. The molecule has 0 unspecified atom stereocenters. The molecule has 0 atom stereocenters. The van der Waals surface area contributed by atoms with Gasteiger partial charge in [0.1, 0.15) is 17.2 Å². The highest BCUT2D eigenvalue weighted by atomic mass is 19.1. The summed E-state index contributed by atoms with van der Waals surface area (Å²) in [6.07, 6.45) is 1.32. The van der Waals surface area contributed by atoms with Crippen molar-refractivity contribution in [2.45, 2.75) is 6.92 Å². The molecule has 0 aliphatic heterocycles. The zero-order valence-electron chi connectivity index (χ0n) is 11.9. The number of aryl methyl sites for hydroxylation is 1. The quantitative estimate of drug-likeness (QED) is 0.874. The first kappa shape index (κ1) is 15.6. The third kappa shape index (κ3) is 3.46. The fraction of sp³-hybridized carbons (Fsp3) is 0.214. The summed E-state index contributed by atoms with van der Waals surface area (Å²) in [5, 5.41) is 6.00. The summed E-state index contributed by atoms with van der Waals surface area (Å²) in [7, 11) is 1.66. The summed E-state index contributed by atoms with van der Waals surface area (Å²) in [5.41, 5.74) is 0.493. The van der Waals surface area contributed by atoms with Crippen LogP contribution in [-0.2, 0) is 16.6 Å². The van der Waals surface area contributed by atoms with E-state index in [0.29, 0.717) is 5.69 Å². The maximum Gasteiger partial charge on any atom is 0.342 e. The second kappa shape index (κ2) is 6.33. The Hall–Kier alpha value is -2.77. The van der Waals surface area contributed by atoms with E-state index in [0.717, 1.165) is 18.2 Å². The lowest BCUT2D eigenvalue weighted by atomic mass is 10.3. The minimum Gasteiger partial charge on any atom is -0.452 e. The van der Waals surface area contributed by atoms with Crippen LogP contribution in [-0.4, -0.2) is 28.3 Å². The molecule has 22 heavy (non-hydrogen) atoms. The van der Waals surface area contributed by atoms with Gasteiger partial charge in [-0.25, -0.2) is 13.6 Å². The maximum atomic E-state index is 13.3. The molecular formula is C14H13F2N3O3. The molecule has 1 aromatic carbocycles. The summed E-state index contributed by atoms with van der Waals surface area (Å²) in [4.78, 5) is 23.4. The van der Waals surface area contributed by atoms with Gasteiger partial charge in [-0.15, -0.1) is 0 Å². The number of esters is 1. The Morgan fingerprint density at radius 1 is 1.36 bits per heavy atom. The van der Waals surface area contributed by atoms with Gasteiger partial charge in [-0.1, -0.05) is 0 Å². The van der Waals surface area contributed by atoms with Gasteiger partial charge in [0.25, 0.3) is 5.91 Å². The van der Waals surface area contributed by atoms with Crippen LogP contribution in [0.4, 0.5) is 14.5 Å². The summed E-state index contributed by atoms with van der Waals surface area (Å²) >= 11 is 0. The number of anilines is 1. The van der Waals surface area contributed by atoms with E-state index < -0.39 is 30.1 Å². The van der Waals surface area contributed by atoms with Gasteiger partial charge in [-0.3, -0.25) is 9.48 Å². The summed E-state index contributed by atoms with van der Waals surface area (Å²) in [6, 6.07) is 2.65. The molecule has 8 heteroatoms. The Balaban J connectivity index is 1.94. The Kier molecular flexibility index (Phi) is 4.50. The fourth-order valence-electron chi connectivity index (χ4n) is 1.69. The van der Waals surface area contributed by atoms with Gasteiger partial charge < -0.3 is 10.1 Å². The van der Waals surface area contributed by atoms with Crippen molar-refractivity contribution in [3.05, 3.63) is 47.3 Å². The van der Waals surface area contributed by atoms with Gasteiger partial charge in [0.2, 0.25) is 0 Å². The van der Waals surface area contributed by atoms with Gasteiger partial charge >= 0.3 is 5.97 Å². The monoisotopic (exact) mass is 309 g/mol. The van der Waals surface area contributed by atoms with E-state index in [1.54, 1.807) is 14.0 Å². The van der Waals surface area contributed by atoms with Gasteiger partial charge in [-0.05, 0) is 19.1 Å². The Morgan fingerprint density at radius 3 is 2.73 bits per heavy atom. The molecule has 1 heterocycles. The van der Waals surface area contributed by atoms with Crippen LogP contribution in [0, 0.1) is 18.6 Å². The lowest BCUT2D eigenvalue weighted by Crippen LogP contribution is -2.21. The molecule has 1 N–H and O–H groups in total. The van der Waals surface area contributed by atoms with Crippen molar-refractivity contribution in [2.24, 2.45) is 7.05 Å². The molecule has 0 aliphatic carbocycles. The van der Waals surface area contributed by atoms with Crippen molar-refractivity contribution in [3.63, 3.8) is 0 Å². The van der Waals surface area contributed by atoms with Gasteiger partial charge in [0.15, 0.2) is 6.61 Å². The molecule has 0 fully saturated rings. The second-order valence-corrected chi connectivity index (χ2v) is 4.52. The van der Waals surface area contributed by atoms with E-state index in [9.17, 15) is 18.4 Å². The highest BCUT2D eigenvalue weighted by Crippen LogP contribution is 2.15. The molecule has 0 bridgehead atoms. The zero-order valence-corrected chi connectivity index (χ0v) is 11.9. The number of nitrogens with one attached hydrogen (secondary N) is 1. The smallest absolute Gasteiger partial charge is 0.342 e. The fourth-order valence-corrected chi connectivity index (χ4v) is 1.69. The average molecular weight is 309 g/mol. The number of amides is 1. The van der Waals surface area contributed by atoms with E-state index in [4.69, 9.17) is 4.74 Å². The van der Waals surface area contributed by atoms with E-state index in [1.807, 2.05) is 0 Å². The Labute approximate surface area is 124 Å². The van der Waals surface area contributed by atoms with Crippen molar-refractivity contribution >= 4 is 17.6 Å². The maximum absolute atomic E-state index is 13.3. The molecule has 1 amide bonds. The predicted octanol–water partition coefficient (Wildman–Crippen LogP) is 1.80. The molecule has 0 spiro atoms. The molecule has 2 rings (SSSR count). The topological polar surface area (TPSA) is 73.2 Å². The van der Waals surface area contributed by atoms with Crippen LogP contribution in [0.1, 0.15) is 16.1 Å². The van der Waals surface area contributed by atoms with E-state index >= 15 is 0 Å². The summed E-state index contributed by atoms with van der Waals surface area (Å²) in [5.74, 6) is -2.98. The molecule has 2 aromatic rings. The molecule has 0 saturated heterocycles. The first-order valence-electron chi connectivity index (χ1n) is 6.29. The van der Waals surface area contributed by atoms with Crippen LogP contribution in [0.25, 0.3) is 0 Å². The molecule has 6 nitrogen and oxygen atoms in total. The molecule has 116 valence electrons. The third-order valence-electron chi connectivity index (χ3n) is 2.99. The SMILES string of the molecule is Cc1c(C(=O)OCC(=O)Nc2cc(F)ccc2F)cnn1C. The van der Waals surface area contributed by atoms with Gasteiger partial charge in [0, 0.05) is 18.8 Å². The first-order valence-corrected chi connectivity index (χ1v) is 6.29. The van der Waals surface area contributed by atoms with Gasteiger partial charge in [0.05, 0.1) is 11.9 Å². The minimum absolute atomic E-state index is 0.229. The average Bonchev–Trinajstić information content (AvgIpc) is 2.80. The number of aromatic nitrogens is 2. The number of ether oxygens (including phenoxy) is 1. The third-order valence-corrected chi connectivity index (χ3v) is 2.99. The predicted molar refractivity (Wildman–Crippen MR) is 73.2 cm³/mol. The van der Waals surface area contributed by atoms with E-state index in [1.165, 1.54) is 10.9 Å². The van der Waals surface area contributed by atoms with Crippen molar-refractivity contribution < 1.29 is 23.1 Å². The minimum atomic E-state index is -0.788. The molecular weight excluding hydrogens is 296 g/mol. The summed E-state index contributed by atoms with van der Waals surface area (Å²) in [6.45, 7) is 1.05. The zero-order chi connectivity index (χ0) is 16.3. The number of nitrogens with zero attached hydrogens (tertiary/aromatic N) is 2. The van der Waals surface area contributed by atoms with E-state index in [-0.39, 0.29) is 11.3 Å². The van der Waals surface area contributed by atoms with Crippen LogP contribution in [0.5, 0.6) is 0 Å². The standard InChI is InChI=1S/C14H13F2N3O3/c1-8-10(6-17-19(8)2)14(21)22-7-13(20)18-12-5-9(15)3-4-11(12)16/h3-6H,7H2,1-2H3,(H,18,20). The number of rotatable bonds is 4. The number of benzene rings is 1. The number of carbonyl (C=O) groups is 2. The lowest BCUT2D eigenvalue weighted by molar-refractivity contribution is -0.119. The van der Waals surface area contributed by atoms with Crippen LogP contribution in [0.2, 0.25) is 0 Å². The Morgan fingerprint density at radius 2 is 2.09 bits per heavy atom. The van der Waals surface area contributed by atoms with Crippen molar-refractivity contribution in [1.82, 2.24) is 9.78 Å². The summed E-state index contributed by atoms with van der Waals surface area (Å²) < 4.78 is 32.6. The number of halogens is 2. The highest BCUT2D eigenvalue weighted by molar-refractivity contribution is 5.95. The second-order valence-electron chi connectivity index (χ2n) is 4.52. The van der Waals surface area contributed by atoms with Crippen LogP contribution >= 0.6 is 0 Å². The normalized spacial score (nSPS) is 10.4. The van der Waals surface area contributed by atoms with E-state index in [2.05, 4.69) is 10.4 Å². The lowest BCUT2D eigenvalue weighted by Gasteiger charge is -2.07. The first-order chi connectivity index (χ1) is 10.4. The van der Waals surface area contributed by atoms with Crippen LogP contribution in [0.3, 0.4) is 0 Å². The molecule has 0 saturated carbocycles. The van der Waals surface area contributed by atoms with Crippen LogP contribution < -0.4 is 5.32 Å². The van der Waals surface area contributed by atoms with Crippen molar-refractivity contribution in [3.8, 4) is 0 Å². The largest absolute Gasteiger partial charge is 0.452 e. The molecule has 1 aromatic heterocycles. The number of hydrogen-bond acceptors (Lipinski definition) is 4. The van der Waals surface area contributed by atoms with Gasteiger partial charge in [-0.2, -0.15) is 5.10 Å². The molecule has 0 radical (unpaired) electrons.